The van der Waals surface area contributed by atoms with Gasteiger partial charge in [0, 0.05) is 31.3 Å². The van der Waals surface area contributed by atoms with Gasteiger partial charge in [0.25, 0.3) is 15.9 Å². The van der Waals surface area contributed by atoms with Crippen molar-refractivity contribution in [3.05, 3.63) is 54.1 Å². The van der Waals surface area contributed by atoms with Crippen LogP contribution in [-0.4, -0.2) is 75.9 Å². The number of fused-ring (bicyclic) bond motifs is 1. The van der Waals surface area contributed by atoms with Crippen molar-refractivity contribution in [2.24, 2.45) is 5.92 Å². The van der Waals surface area contributed by atoms with Crippen molar-refractivity contribution in [1.82, 2.24) is 10.2 Å². The molecule has 1 amide bonds. The van der Waals surface area contributed by atoms with Gasteiger partial charge in [-0.25, -0.2) is 8.42 Å². The lowest BCUT2D eigenvalue weighted by Gasteiger charge is -2.34. The Bertz CT molecular complexity index is 1140. The first-order valence-corrected chi connectivity index (χ1v) is 14.7. The summed E-state index contributed by atoms with van der Waals surface area (Å²) < 4.78 is 40.8. The van der Waals surface area contributed by atoms with Gasteiger partial charge in [-0.15, -0.1) is 0 Å². The smallest absolute Gasteiger partial charge is 0.261 e. The first kappa shape index (κ1) is 29.9. The molecule has 210 valence electrons. The van der Waals surface area contributed by atoms with Crippen LogP contribution >= 0.6 is 0 Å². The molecule has 1 aliphatic rings. The lowest BCUT2D eigenvalue weighted by Crippen LogP contribution is -2.47. The van der Waals surface area contributed by atoms with E-state index < -0.39 is 16.1 Å². The first-order chi connectivity index (χ1) is 18.2. The molecule has 3 rings (SSSR count). The fourth-order valence-corrected chi connectivity index (χ4v) is 5.56. The van der Waals surface area contributed by atoms with E-state index in [0.717, 1.165) is 19.3 Å². The molecule has 1 aliphatic heterocycles. The van der Waals surface area contributed by atoms with Gasteiger partial charge in [-0.3, -0.25) is 9.52 Å². The fourth-order valence-electron chi connectivity index (χ4n) is 4.49. The molecule has 0 radical (unpaired) electrons. The Balaban J connectivity index is 2.02. The molecule has 38 heavy (non-hydrogen) atoms. The summed E-state index contributed by atoms with van der Waals surface area (Å²) in [4.78, 5) is 15.7. The van der Waals surface area contributed by atoms with Crippen LogP contribution < -0.4 is 14.8 Å². The quantitative estimate of drug-likeness (QED) is 0.486. The van der Waals surface area contributed by atoms with Crippen molar-refractivity contribution in [3.63, 3.8) is 0 Å². The Hall–Kier alpha value is -2.66. The molecule has 0 saturated heterocycles. The lowest BCUT2D eigenvalue weighted by atomic mass is 10.0. The predicted molar refractivity (Wildman–Crippen MR) is 148 cm³/mol. The summed E-state index contributed by atoms with van der Waals surface area (Å²) in [6.45, 7) is 7.15. The van der Waals surface area contributed by atoms with E-state index in [9.17, 15) is 18.3 Å². The van der Waals surface area contributed by atoms with Crippen LogP contribution in [0.1, 0.15) is 50.4 Å². The second kappa shape index (κ2) is 13.9. The molecule has 0 saturated carbocycles. The highest BCUT2D eigenvalue weighted by Gasteiger charge is 2.30. The molecule has 9 nitrogen and oxygen atoms in total. The van der Waals surface area contributed by atoms with Crippen LogP contribution in [0.2, 0.25) is 0 Å². The second-order valence-corrected chi connectivity index (χ2v) is 11.7. The van der Waals surface area contributed by atoms with Crippen molar-refractivity contribution < 1.29 is 27.8 Å². The summed E-state index contributed by atoms with van der Waals surface area (Å²) >= 11 is 0. The molecule has 0 bridgehead atoms. The number of aliphatic hydroxyl groups excluding tert-OH is 1. The molecule has 0 fully saturated rings. The van der Waals surface area contributed by atoms with Crippen molar-refractivity contribution in [2.75, 3.05) is 38.1 Å². The number of sulfonamides is 1. The third-order valence-electron chi connectivity index (χ3n) is 6.76. The van der Waals surface area contributed by atoms with Gasteiger partial charge >= 0.3 is 0 Å². The molecule has 2 aromatic rings. The Morgan fingerprint density at radius 1 is 1.13 bits per heavy atom. The number of hydrogen-bond acceptors (Lipinski definition) is 7. The Morgan fingerprint density at radius 2 is 1.87 bits per heavy atom. The van der Waals surface area contributed by atoms with E-state index in [1.165, 1.54) is 18.2 Å². The standard InChI is InChI=1S/C28H41N3O6S/c1-20-18-31(21(2)19-32)28(33)25-16-23(30-38(34,35)24-11-6-5-7-12-24)13-14-26(25)37-22(3)10-8-9-15-36-27(20)17-29-4/h5-7,11-14,16,20-22,27,29-30,32H,8-10,15,17-19H2,1-4H3/t20-,21+,22+,27+/m0/s1. The van der Waals surface area contributed by atoms with Gasteiger partial charge in [-0.1, -0.05) is 25.1 Å². The van der Waals surface area contributed by atoms with E-state index in [4.69, 9.17) is 9.47 Å². The Morgan fingerprint density at radius 3 is 2.55 bits per heavy atom. The predicted octanol–water partition coefficient (Wildman–Crippen LogP) is 3.50. The maximum absolute atomic E-state index is 14.0. The van der Waals surface area contributed by atoms with E-state index in [1.807, 2.05) is 20.9 Å². The number of ether oxygens (including phenoxy) is 2. The van der Waals surface area contributed by atoms with Crippen molar-refractivity contribution in [3.8, 4) is 5.75 Å². The molecule has 3 N–H and O–H groups in total. The van der Waals surface area contributed by atoms with Crippen LogP contribution in [0.5, 0.6) is 5.75 Å². The SMILES string of the molecule is CNC[C@H]1OCCCC[C@@H](C)Oc2ccc(NS(=O)(=O)c3ccccc3)cc2C(=O)N([C@H](C)CO)C[C@@H]1C. The monoisotopic (exact) mass is 547 g/mol. The third kappa shape index (κ3) is 7.92. The highest BCUT2D eigenvalue weighted by atomic mass is 32.2. The maximum Gasteiger partial charge on any atom is 0.261 e. The average molecular weight is 548 g/mol. The summed E-state index contributed by atoms with van der Waals surface area (Å²) in [7, 11) is -1.98. The van der Waals surface area contributed by atoms with Crippen LogP contribution in [0.4, 0.5) is 5.69 Å². The van der Waals surface area contributed by atoms with Gasteiger partial charge in [0.1, 0.15) is 5.75 Å². The van der Waals surface area contributed by atoms with E-state index >= 15 is 0 Å². The number of anilines is 1. The van der Waals surface area contributed by atoms with Crippen molar-refractivity contribution in [1.29, 1.82) is 0 Å². The van der Waals surface area contributed by atoms with Crippen LogP contribution in [-0.2, 0) is 14.8 Å². The second-order valence-electron chi connectivity index (χ2n) is 9.99. The molecule has 0 spiro atoms. The summed E-state index contributed by atoms with van der Waals surface area (Å²) in [5.74, 6) is 0.0149. The maximum atomic E-state index is 14.0. The molecular formula is C28H41N3O6S. The number of amides is 1. The number of nitrogens with one attached hydrogen (secondary N) is 2. The van der Waals surface area contributed by atoms with Crippen LogP contribution in [0, 0.1) is 5.92 Å². The molecule has 2 aromatic carbocycles. The van der Waals surface area contributed by atoms with Gasteiger partial charge in [0.05, 0.1) is 35.3 Å². The van der Waals surface area contributed by atoms with Gasteiger partial charge in [0.15, 0.2) is 0 Å². The highest BCUT2D eigenvalue weighted by molar-refractivity contribution is 7.92. The molecule has 0 unspecified atom stereocenters. The fraction of sp³-hybridized carbons (Fsp3) is 0.536. The third-order valence-corrected chi connectivity index (χ3v) is 8.16. The summed E-state index contributed by atoms with van der Waals surface area (Å²) in [5, 5.41) is 13.2. The Labute approximate surface area is 226 Å². The molecule has 4 atom stereocenters. The number of carbonyl (C=O) groups is 1. The van der Waals surface area contributed by atoms with E-state index in [0.29, 0.717) is 25.4 Å². The van der Waals surface area contributed by atoms with Crippen molar-refractivity contribution in [2.45, 2.75) is 63.2 Å². The number of nitrogens with zero attached hydrogens (tertiary/aromatic N) is 1. The zero-order valence-electron chi connectivity index (χ0n) is 22.7. The van der Waals surface area contributed by atoms with Crippen LogP contribution in [0.3, 0.4) is 0 Å². The normalized spacial score (nSPS) is 22.6. The summed E-state index contributed by atoms with van der Waals surface area (Å²) in [6.07, 6.45) is 2.31. The number of benzene rings is 2. The number of likely N-dealkylation sites (N-methyl/N-ethyl adjacent to an activating group) is 1. The van der Waals surface area contributed by atoms with Crippen LogP contribution in [0.15, 0.2) is 53.4 Å². The van der Waals surface area contributed by atoms with E-state index in [1.54, 1.807) is 42.2 Å². The van der Waals surface area contributed by atoms with E-state index in [2.05, 4.69) is 10.0 Å². The van der Waals surface area contributed by atoms with Gasteiger partial charge < -0.3 is 24.8 Å². The largest absolute Gasteiger partial charge is 0.490 e. The first-order valence-electron chi connectivity index (χ1n) is 13.2. The van der Waals surface area contributed by atoms with Gasteiger partial charge in [-0.2, -0.15) is 0 Å². The summed E-state index contributed by atoms with van der Waals surface area (Å²) in [6, 6.07) is 12.3. The number of rotatable bonds is 7. The highest BCUT2D eigenvalue weighted by Crippen LogP contribution is 2.29. The van der Waals surface area contributed by atoms with Crippen LogP contribution in [0.25, 0.3) is 0 Å². The zero-order valence-corrected chi connectivity index (χ0v) is 23.5. The molecule has 0 aliphatic carbocycles. The van der Waals surface area contributed by atoms with Crippen molar-refractivity contribution >= 4 is 21.6 Å². The van der Waals surface area contributed by atoms with Gasteiger partial charge in [0.2, 0.25) is 0 Å². The molecule has 10 heteroatoms. The minimum atomic E-state index is -3.85. The molecule has 1 heterocycles. The molecule has 0 aromatic heterocycles. The zero-order chi connectivity index (χ0) is 27.7. The number of hydrogen-bond donors (Lipinski definition) is 3. The number of aliphatic hydroxyl groups is 1. The topological polar surface area (TPSA) is 117 Å². The Kier molecular flexibility index (Phi) is 11.0. The minimum Gasteiger partial charge on any atom is -0.490 e. The number of carbonyl (C=O) groups excluding carboxylic acids is 1. The lowest BCUT2D eigenvalue weighted by molar-refractivity contribution is -0.000450. The van der Waals surface area contributed by atoms with E-state index in [-0.39, 0.29) is 46.8 Å². The average Bonchev–Trinajstić information content (AvgIpc) is 2.90. The molecular weight excluding hydrogens is 506 g/mol. The summed E-state index contributed by atoms with van der Waals surface area (Å²) in [5.41, 5.74) is 0.486. The van der Waals surface area contributed by atoms with Gasteiger partial charge in [-0.05, 0) is 70.5 Å². The minimum absolute atomic E-state index is 0.0219.